The summed E-state index contributed by atoms with van der Waals surface area (Å²) in [6, 6.07) is 0.702. The zero-order valence-corrected chi connectivity index (χ0v) is 8.37. The molecule has 2 atom stereocenters. The first-order valence-corrected chi connectivity index (χ1v) is 5.02. The Morgan fingerprint density at radius 3 is 2.92 bits per heavy atom. The van der Waals surface area contributed by atoms with E-state index in [0.717, 1.165) is 17.3 Å². The molecule has 1 aromatic heterocycles. The van der Waals surface area contributed by atoms with E-state index in [9.17, 15) is 0 Å². The molecule has 0 saturated heterocycles. The molecule has 1 aliphatic carbocycles. The molecule has 2 rings (SSSR count). The van der Waals surface area contributed by atoms with E-state index >= 15 is 0 Å². The van der Waals surface area contributed by atoms with E-state index in [1.165, 1.54) is 6.42 Å². The summed E-state index contributed by atoms with van der Waals surface area (Å²) < 4.78 is 3.00. The van der Waals surface area contributed by atoms with Crippen molar-refractivity contribution in [3.63, 3.8) is 0 Å². The lowest BCUT2D eigenvalue weighted by atomic mass is 10.2. The van der Waals surface area contributed by atoms with E-state index in [4.69, 9.17) is 5.73 Å². The van der Waals surface area contributed by atoms with Gasteiger partial charge in [-0.15, -0.1) is 0 Å². The van der Waals surface area contributed by atoms with Crippen molar-refractivity contribution in [1.82, 2.24) is 9.78 Å². The van der Waals surface area contributed by atoms with Gasteiger partial charge in [-0.1, -0.05) is 0 Å². The van der Waals surface area contributed by atoms with Crippen molar-refractivity contribution in [3.05, 3.63) is 16.9 Å². The van der Waals surface area contributed by atoms with Crippen LogP contribution in [0, 0.1) is 0 Å². The Bertz CT molecular complexity index is 271. The summed E-state index contributed by atoms with van der Waals surface area (Å²) in [5.74, 6) is 0. The van der Waals surface area contributed by atoms with Crippen LogP contribution in [0.4, 0.5) is 0 Å². The van der Waals surface area contributed by atoms with Gasteiger partial charge in [0.25, 0.3) is 0 Å². The van der Waals surface area contributed by atoms with Crippen LogP contribution in [0.15, 0.2) is 16.9 Å². The summed E-state index contributed by atoms with van der Waals surface area (Å²) in [7, 11) is 0. The first kappa shape index (κ1) is 8.26. The van der Waals surface area contributed by atoms with Crippen LogP contribution in [0.5, 0.6) is 0 Å². The third-order valence-electron chi connectivity index (χ3n) is 2.44. The summed E-state index contributed by atoms with van der Waals surface area (Å²) >= 11 is 3.38. The lowest BCUT2D eigenvalue weighted by Gasteiger charge is -2.15. The van der Waals surface area contributed by atoms with Crippen molar-refractivity contribution in [3.8, 4) is 0 Å². The van der Waals surface area contributed by atoms with Gasteiger partial charge in [0.15, 0.2) is 0 Å². The van der Waals surface area contributed by atoms with Crippen LogP contribution in [-0.2, 0) is 0 Å². The molecule has 0 aromatic carbocycles. The van der Waals surface area contributed by atoms with Gasteiger partial charge in [-0.25, -0.2) is 0 Å². The Morgan fingerprint density at radius 1 is 1.58 bits per heavy atom. The maximum atomic E-state index is 5.94. The summed E-state index contributed by atoms with van der Waals surface area (Å²) in [4.78, 5) is 0. The van der Waals surface area contributed by atoms with Crippen LogP contribution < -0.4 is 5.73 Å². The molecular formula is C8H12BrN3. The molecule has 0 radical (unpaired) electrons. The number of aromatic nitrogens is 2. The van der Waals surface area contributed by atoms with Crippen molar-refractivity contribution < 1.29 is 0 Å². The predicted molar refractivity (Wildman–Crippen MR) is 50.8 cm³/mol. The lowest BCUT2D eigenvalue weighted by Crippen LogP contribution is -2.27. The molecule has 0 aliphatic heterocycles. The minimum Gasteiger partial charge on any atom is -0.326 e. The molecule has 1 saturated carbocycles. The van der Waals surface area contributed by atoms with Gasteiger partial charge < -0.3 is 5.73 Å². The van der Waals surface area contributed by atoms with Gasteiger partial charge in [0, 0.05) is 12.2 Å². The third-order valence-corrected chi connectivity index (χ3v) is 2.85. The Kier molecular flexibility index (Phi) is 2.19. The maximum absolute atomic E-state index is 5.94. The number of halogens is 1. The largest absolute Gasteiger partial charge is 0.326 e. The molecule has 66 valence electrons. The molecule has 0 bridgehead atoms. The number of rotatable bonds is 1. The highest BCUT2D eigenvalue weighted by molar-refractivity contribution is 9.10. The molecular weight excluding hydrogens is 218 g/mol. The number of hydrogen-bond donors (Lipinski definition) is 1. The maximum Gasteiger partial charge on any atom is 0.0670 e. The SMILES string of the molecule is NC1CCCC1n1cc(Br)cn1. The van der Waals surface area contributed by atoms with Crippen molar-refractivity contribution in [2.75, 3.05) is 0 Å². The quantitative estimate of drug-likeness (QED) is 0.797. The molecule has 1 aliphatic rings. The molecule has 1 fully saturated rings. The Balaban J connectivity index is 2.19. The zero-order valence-electron chi connectivity index (χ0n) is 6.78. The molecule has 12 heavy (non-hydrogen) atoms. The van der Waals surface area contributed by atoms with E-state index in [1.54, 1.807) is 0 Å². The molecule has 3 nitrogen and oxygen atoms in total. The lowest BCUT2D eigenvalue weighted by molar-refractivity contribution is 0.421. The molecule has 1 aromatic rings. The van der Waals surface area contributed by atoms with Crippen molar-refractivity contribution in [2.45, 2.75) is 31.3 Å². The van der Waals surface area contributed by atoms with E-state index in [1.807, 2.05) is 17.1 Å². The monoisotopic (exact) mass is 229 g/mol. The fourth-order valence-electron chi connectivity index (χ4n) is 1.79. The van der Waals surface area contributed by atoms with Crippen LogP contribution in [0.1, 0.15) is 25.3 Å². The van der Waals surface area contributed by atoms with Gasteiger partial charge in [0.2, 0.25) is 0 Å². The van der Waals surface area contributed by atoms with Gasteiger partial charge in [-0.3, -0.25) is 4.68 Å². The Labute approximate surface area is 80.1 Å². The minimum atomic E-state index is 0.289. The number of hydrogen-bond acceptors (Lipinski definition) is 2. The Hall–Kier alpha value is -0.350. The van der Waals surface area contributed by atoms with E-state index in [2.05, 4.69) is 21.0 Å². The smallest absolute Gasteiger partial charge is 0.0670 e. The van der Waals surface area contributed by atoms with Crippen LogP contribution in [0.25, 0.3) is 0 Å². The van der Waals surface area contributed by atoms with Crippen molar-refractivity contribution in [1.29, 1.82) is 0 Å². The van der Waals surface area contributed by atoms with Crippen molar-refractivity contribution >= 4 is 15.9 Å². The van der Waals surface area contributed by atoms with Crippen LogP contribution in [0.2, 0.25) is 0 Å². The highest BCUT2D eigenvalue weighted by Gasteiger charge is 2.25. The number of nitrogens with zero attached hydrogens (tertiary/aromatic N) is 2. The molecule has 4 heteroatoms. The first-order valence-electron chi connectivity index (χ1n) is 4.22. The summed E-state index contributed by atoms with van der Waals surface area (Å²) in [6.07, 6.45) is 7.32. The standard InChI is InChI=1S/C8H12BrN3/c9-6-4-11-12(5-6)8-3-1-2-7(8)10/h4-5,7-8H,1-3,10H2. The second-order valence-electron chi connectivity index (χ2n) is 3.30. The second-order valence-corrected chi connectivity index (χ2v) is 4.22. The third kappa shape index (κ3) is 1.41. The fraction of sp³-hybridized carbons (Fsp3) is 0.625. The predicted octanol–water partition coefficient (Wildman–Crippen LogP) is 1.70. The minimum absolute atomic E-state index is 0.289. The number of nitrogens with two attached hydrogens (primary N) is 1. The molecule has 0 amide bonds. The van der Waals surface area contributed by atoms with Gasteiger partial charge >= 0.3 is 0 Å². The van der Waals surface area contributed by atoms with Gasteiger partial charge in [0.1, 0.15) is 0 Å². The summed E-state index contributed by atoms with van der Waals surface area (Å²) in [6.45, 7) is 0. The topological polar surface area (TPSA) is 43.8 Å². The van der Waals surface area contributed by atoms with Crippen LogP contribution in [0.3, 0.4) is 0 Å². The molecule has 1 heterocycles. The van der Waals surface area contributed by atoms with E-state index in [-0.39, 0.29) is 6.04 Å². The van der Waals surface area contributed by atoms with Crippen LogP contribution >= 0.6 is 15.9 Å². The second kappa shape index (κ2) is 3.18. The average Bonchev–Trinajstić information content (AvgIpc) is 2.58. The normalized spacial score (nSPS) is 29.5. The van der Waals surface area contributed by atoms with Gasteiger partial charge in [0.05, 0.1) is 16.7 Å². The zero-order chi connectivity index (χ0) is 8.55. The highest BCUT2D eigenvalue weighted by Crippen LogP contribution is 2.28. The summed E-state index contributed by atoms with van der Waals surface area (Å²) in [5.41, 5.74) is 5.94. The first-order chi connectivity index (χ1) is 5.77. The molecule has 2 unspecified atom stereocenters. The Morgan fingerprint density at radius 2 is 2.42 bits per heavy atom. The average molecular weight is 230 g/mol. The van der Waals surface area contributed by atoms with Crippen molar-refractivity contribution in [2.24, 2.45) is 5.73 Å². The fourth-order valence-corrected chi connectivity index (χ4v) is 2.10. The molecule has 0 spiro atoms. The van der Waals surface area contributed by atoms with E-state index in [0.29, 0.717) is 6.04 Å². The molecule has 2 N–H and O–H groups in total. The highest BCUT2D eigenvalue weighted by atomic mass is 79.9. The van der Waals surface area contributed by atoms with E-state index < -0.39 is 0 Å². The van der Waals surface area contributed by atoms with Gasteiger partial charge in [-0.05, 0) is 35.2 Å². The van der Waals surface area contributed by atoms with Crippen LogP contribution in [-0.4, -0.2) is 15.8 Å². The van der Waals surface area contributed by atoms with Gasteiger partial charge in [-0.2, -0.15) is 5.10 Å². The summed E-state index contributed by atoms with van der Waals surface area (Å²) in [5, 5.41) is 4.24.